The minimum Gasteiger partial charge on any atom is -0.396 e. The molecule has 4 nitrogen and oxygen atoms in total. The Bertz CT molecular complexity index is 339. The van der Waals surface area contributed by atoms with Gasteiger partial charge in [-0.3, -0.25) is 9.78 Å². The molecule has 0 aliphatic heterocycles. The summed E-state index contributed by atoms with van der Waals surface area (Å²) in [6.07, 6.45) is 4.06. The van der Waals surface area contributed by atoms with Crippen molar-refractivity contribution in [3.63, 3.8) is 0 Å². The number of hydrogen-bond donors (Lipinski definition) is 1. The van der Waals surface area contributed by atoms with Gasteiger partial charge in [-0.2, -0.15) is 0 Å². The number of amides is 1. The SMILES string of the molecule is CC(C)C(=O)N(CCCO)Cc1ccncc1. The number of aliphatic hydroxyl groups excluding tert-OH is 1. The fraction of sp³-hybridized carbons (Fsp3) is 0.538. The molecular weight excluding hydrogens is 216 g/mol. The number of carbonyl (C=O) groups is 1. The van der Waals surface area contributed by atoms with Gasteiger partial charge in [0.15, 0.2) is 0 Å². The Hall–Kier alpha value is -1.42. The molecule has 0 saturated heterocycles. The minimum atomic E-state index is -0.0180. The van der Waals surface area contributed by atoms with Crippen molar-refractivity contribution < 1.29 is 9.90 Å². The molecular formula is C13H20N2O2. The van der Waals surface area contributed by atoms with E-state index in [1.165, 1.54) is 0 Å². The number of carbonyl (C=O) groups excluding carboxylic acids is 1. The summed E-state index contributed by atoms with van der Waals surface area (Å²) >= 11 is 0. The maximum absolute atomic E-state index is 12.0. The lowest BCUT2D eigenvalue weighted by atomic mass is 10.1. The molecule has 0 saturated carbocycles. The quantitative estimate of drug-likeness (QED) is 0.813. The van der Waals surface area contributed by atoms with E-state index in [4.69, 9.17) is 5.11 Å². The van der Waals surface area contributed by atoms with Crippen molar-refractivity contribution in [1.82, 2.24) is 9.88 Å². The molecule has 0 aromatic carbocycles. The molecule has 0 aliphatic carbocycles. The van der Waals surface area contributed by atoms with E-state index >= 15 is 0 Å². The Morgan fingerprint density at radius 1 is 1.41 bits per heavy atom. The van der Waals surface area contributed by atoms with Crippen molar-refractivity contribution in [1.29, 1.82) is 0 Å². The second-order valence-corrected chi connectivity index (χ2v) is 4.35. The van der Waals surface area contributed by atoms with E-state index in [-0.39, 0.29) is 18.4 Å². The van der Waals surface area contributed by atoms with Crippen LogP contribution in [0, 0.1) is 5.92 Å². The molecule has 0 aliphatic rings. The lowest BCUT2D eigenvalue weighted by Gasteiger charge is -2.24. The highest BCUT2D eigenvalue weighted by atomic mass is 16.3. The van der Waals surface area contributed by atoms with E-state index in [1.807, 2.05) is 26.0 Å². The van der Waals surface area contributed by atoms with Gasteiger partial charge in [-0.05, 0) is 24.1 Å². The van der Waals surface area contributed by atoms with Crippen LogP contribution in [0.15, 0.2) is 24.5 Å². The standard InChI is InChI=1S/C13H20N2O2/c1-11(2)13(17)15(8-3-9-16)10-12-4-6-14-7-5-12/h4-7,11,16H,3,8-10H2,1-2H3. The van der Waals surface area contributed by atoms with Crippen molar-refractivity contribution in [2.45, 2.75) is 26.8 Å². The molecule has 4 heteroatoms. The van der Waals surface area contributed by atoms with Crippen molar-refractivity contribution >= 4 is 5.91 Å². The van der Waals surface area contributed by atoms with Crippen LogP contribution in [0.5, 0.6) is 0 Å². The van der Waals surface area contributed by atoms with Gasteiger partial charge in [0.25, 0.3) is 0 Å². The first-order valence-electron chi connectivity index (χ1n) is 5.93. The molecule has 0 spiro atoms. The molecule has 0 fully saturated rings. The Kier molecular flexibility index (Phi) is 5.63. The zero-order valence-corrected chi connectivity index (χ0v) is 10.5. The van der Waals surface area contributed by atoms with E-state index < -0.39 is 0 Å². The smallest absolute Gasteiger partial charge is 0.225 e. The topological polar surface area (TPSA) is 53.4 Å². The van der Waals surface area contributed by atoms with Crippen LogP contribution in [0.25, 0.3) is 0 Å². The molecule has 0 unspecified atom stereocenters. The maximum Gasteiger partial charge on any atom is 0.225 e. The van der Waals surface area contributed by atoms with Gasteiger partial charge in [0.05, 0.1) is 0 Å². The highest BCUT2D eigenvalue weighted by Gasteiger charge is 2.16. The third-order valence-corrected chi connectivity index (χ3v) is 2.51. The monoisotopic (exact) mass is 236 g/mol. The number of aliphatic hydroxyl groups is 1. The minimum absolute atomic E-state index is 0.0180. The third kappa shape index (κ3) is 4.53. The molecule has 1 rings (SSSR count). The van der Waals surface area contributed by atoms with Crippen LogP contribution >= 0.6 is 0 Å². The Morgan fingerprint density at radius 3 is 2.59 bits per heavy atom. The second kappa shape index (κ2) is 7.01. The van der Waals surface area contributed by atoms with E-state index in [2.05, 4.69) is 4.98 Å². The molecule has 17 heavy (non-hydrogen) atoms. The van der Waals surface area contributed by atoms with Crippen LogP contribution in [0.2, 0.25) is 0 Å². The molecule has 1 amide bonds. The van der Waals surface area contributed by atoms with Gasteiger partial charge >= 0.3 is 0 Å². The molecule has 1 aromatic heterocycles. The Balaban J connectivity index is 2.66. The van der Waals surface area contributed by atoms with Gasteiger partial charge in [0.2, 0.25) is 5.91 Å². The summed E-state index contributed by atoms with van der Waals surface area (Å²) < 4.78 is 0. The number of nitrogens with zero attached hydrogens (tertiary/aromatic N) is 2. The number of hydrogen-bond acceptors (Lipinski definition) is 3. The zero-order valence-electron chi connectivity index (χ0n) is 10.5. The van der Waals surface area contributed by atoms with Gasteiger partial charge in [-0.25, -0.2) is 0 Å². The van der Waals surface area contributed by atoms with Crippen LogP contribution in [0.3, 0.4) is 0 Å². The molecule has 1 heterocycles. The second-order valence-electron chi connectivity index (χ2n) is 4.35. The lowest BCUT2D eigenvalue weighted by molar-refractivity contribution is -0.135. The van der Waals surface area contributed by atoms with Gasteiger partial charge < -0.3 is 10.0 Å². The fourth-order valence-corrected chi connectivity index (χ4v) is 1.60. The number of rotatable bonds is 6. The molecule has 94 valence electrons. The summed E-state index contributed by atoms with van der Waals surface area (Å²) in [7, 11) is 0. The first kappa shape index (κ1) is 13.6. The normalized spacial score (nSPS) is 10.6. The zero-order chi connectivity index (χ0) is 12.7. The van der Waals surface area contributed by atoms with Crippen molar-refractivity contribution in [3.05, 3.63) is 30.1 Å². The van der Waals surface area contributed by atoms with Crippen LogP contribution in [-0.4, -0.2) is 34.0 Å². The van der Waals surface area contributed by atoms with E-state index in [1.54, 1.807) is 17.3 Å². The van der Waals surface area contributed by atoms with Crippen LogP contribution < -0.4 is 0 Å². The van der Waals surface area contributed by atoms with Crippen LogP contribution in [-0.2, 0) is 11.3 Å². The lowest BCUT2D eigenvalue weighted by Crippen LogP contribution is -2.35. The van der Waals surface area contributed by atoms with E-state index in [0.717, 1.165) is 5.56 Å². The van der Waals surface area contributed by atoms with Gasteiger partial charge in [0.1, 0.15) is 0 Å². The largest absolute Gasteiger partial charge is 0.396 e. The molecule has 1 N–H and O–H groups in total. The predicted octanol–water partition coefficient (Wildman–Crippen LogP) is 1.45. The first-order chi connectivity index (χ1) is 8.15. The summed E-state index contributed by atoms with van der Waals surface area (Å²) in [5.41, 5.74) is 1.06. The van der Waals surface area contributed by atoms with Crippen molar-refractivity contribution in [3.8, 4) is 0 Å². The molecule has 0 atom stereocenters. The molecule has 1 aromatic rings. The van der Waals surface area contributed by atoms with Crippen molar-refractivity contribution in [2.75, 3.05) is 13.2 Å². The maximum atomic E-state index is 12.0. The summed E-state index contributed by atoms with van der Waals surface area (Å²) in [5.74, 6) is 0.103. The van der Waals surface area contributed by atoms with Gasteiger partial charge in [-0.1, -0.05) is 13.8 Å². The van der Waals surface area contributed by atoms with Gasteiger partial charge in [-0.15, -0.1) is 0 Å². The Morgan fingerprint density at radius 2 is 2.06 bits per heavy atom. The highest BCUT2D eigenvalue weighted by Crippen LogP contribution is 2.08. The van der Waals surface area contributed by atoms with Crippen LogP contribution in [0.1, 0.15) is 25.8 Å². The molecule has 0 bridgehead atoms. The average Bonchev–Trinajstić information content (AvgIpc) is 2.34. The number of pyridine rings is 1. The van der Waals surface area contributed by atoms with Crippen molar-refractivity contribution in [2.24, 2.45) is 5.92 Å². The van der Waals surface area contributed by atoms with Crippen LogP contribution in [0.4, 0.5) is 0 Å². The summed E-state index contributed by atoms with van der Waals surface area (Å²) in [4.78, 5) is 17.7. The number of aromatic nitrogens is 1. The van der Waals surface area contributed by atoms with E-state index in [9.17, 15) is 4.79 Å². The third-order valence-electron chi connectivity index (χ3n) is 2.51. The Labute approximate surface area is 102 Å². The summed E-state index contributed by atoms with van der Waals surface area (Å²) in [6.45, 7) is 5.06. The fourth-order valence-electron chi connectivity index (χ4n) is 1.60. The summed E-state index contributed by atoms with van der Waals surface area (Å²) in [5, 5.41) is 8.85. The van der Waals surface area contributed by atoms with E-state index in [0.29, 0.717) is 19.5 Å². The molecule has 0 radical (unpaired) electrons. The predicted molar refractivity (Wildman–Crippen MR) is 66.2 cm³/mol. The first-order valence-corrected chi connectivity index (χ1v) is 5.93. The highest BCUT2D eigenvalue weighted by molar-refractivity contribution is 5.78. The summed E-state index contributed by atoms with van der Waals surface area (Å²) in [6, 6.07) is 3.80. The average molecular weight is 236 g/mol. The van der Waals surface area contributed by atoms with Gasteiger partial charge in [0, 0.05) is 38.0 Å².